The summed E-state index contributed by atoms with van der Waals surface area (Å²) in [5.74, 6) is 0. The molecule has 0 heterocycles. The third-order valence-corrected chi connectivity index (χ3v) is 2.86. The molecule has 3 nitrogen and oxygen atoms in total. The first-order chi connectivity index (χ1) is 5.95. The van der Waals surface area contributed by atoms with Gasteiger partial charge in [0.2, 0.25) is 0 Å². The highest BCUT2D eigenvalue weighted by atomic mass is 16.5. The van der Waals surface area contributed by atoms with Crippen LogP contribution in [0.3, 0.4) is 0 Å². The molecule has 0 aromatic rings. The second-order valence-electron chi connectivity index (χ2n) is 3.77. The molecule has 0 rings (SSSR count). The lowest BCUT2D eigenvalue weighted by atomic mass is 10.1. The molecule has 0 aliphatic carbocycles. The van der Waals surface area contributed by atoms with Crippen molar-refractivity contribution in [3.63, 3.8) is 0 Å². The van der Waals surface area contributed by atoms with Gasteiger partial charge in [-0.25, -0.2) is 0 Å². The molecule has 0 saturated carbocycles. The molecular weight excluding hydrogens is 164 g/mol. The summed E-state index contributed by atoms with van der Waals surface area (Å²) in [6.45, 7) is 8.36. The van der Waals surface area contributed by atoms with Gasteiger partial charge in [0, 0.05) is 0 Å². The fourth-order valence-electron chi connectivity index (χ4n) is 1.10. The standard InChI is InChI=1S/C10H24N2O/c1-7-9(3,11-5)13-10(4,8-2)12-6/h11-12H,7-8H2,1-6H3. The third kappa shape index (κ3) is 3.63. The van der Waals surface area contributed by atoms with E-state index in [1.54, 1.807) is 0 Å². The van der Waals surface area contributed by atoms with Gasteiger partial charge in [0.15, 0.2) is 0 Å². The van der Waals surface area contributed by atoms with Crippen LogP contribution in [0.2, 0.25) is 0 Å². The molecule has 0 aromatic heterocycles. The predicted molar refractivity (Wildman–Crippen MR) is 56.6 cm³/mol. The molecule has 0 bridgehead atoms. The van der Waals surface area contributed by atoms with Gasteiger partial charge in [-0.2, -0.15) is 0 Å². The maximum atomic E-state index is 6.00. The Kier molecular flexibility index (Phi) is 4.89. The quantitative estimate of drug-likeness (QED) is 0.622. The molecule has 0 aliphatic rings. The number of nitrogens with one attached hydrogen (secondary N) is 2. The minimum atomic E-state index is -0.242. The van der Waals surface area contributed by atoms with E-state index in [0.717, 1.165) is 12.8 Å². The van der Waals surface area contributed by atoms with E-state index in [4.69, 9.17) is 4.74 Å². The molecule has 0 aliphatic heterocycles. The van der Waals surface area contributed by atoms with E-state index >= 15 is 0 Å². The minimum absolute atomic E-state index is 0.242. The van der Waals surface area contributed by atoms with Gasteiger partial charge in [-0.1, -0.05) is 13.8 Å². The lowest BCUT2D eigenvalue weighted by Crippen LogP contribution is -2.54. The van der Waals surface area contributed by atoms with E-state index < -0.39 is 0 Å². The summed E-state index contributed by atoms with van der Waals surface area (Å²) >= 11 is 0. The number of hydrogen-bond donors (Lipinski definition) is 2. The second-order valence-corrected chi connectivity index (χ2v) is 3.77. The van der Waals surface area contributed by atoms with Crippen LogP contribution in [0.5, 0.6) is 0 Å². The Morgan fingerprint density at radius 3 is 1.38 bits per heavy atom. The first-order valence-corrected chi connectivity index (χ1v) is 5.03. The summed E-state index contributed by atoms with van der Waals surface area (Å²) in [5, 5.41) is 6.38. The Labute approximate surface area is 82.2 Å². The van der Waals surface area contributed by atoms with Crippen molar-refractivity contribution >= 4 is 0 Å². The largest absolute Gasteiger partial charge is 0.341 e. The van der Waals surface area contributed by atoms with Crippen molar-refractivity contribution in [3.05, 3.63) is 0 Å². The van der Waals surface area contributed by atoms with E-state index in [0.29, 0.717) is 0 Å². The average molecular weight is 188 g/mol. The van der Waals surface area contributed by atoms with Gasteiger partial charge in [0.05, 0.1) is 0 Å². The third-order valence-electron chi connectivity index (χ3n) is 2.86. The van der Waals surface area contributed by atoms with Crippen molar-refractivity contribution in [2.24, 2.45) is 0 Å². The van der Waals surface area contributed by atoms with Gasteiger partial charge in [0.1, 0.15) is 11.4 Å². The highest BCUT2D eigenvalue weighted by Gasteiger charge is 2.31. The van der Waals surface area contributed by atoms with Crippen molar-refractivity contribution in [1.82, 2.24) is 10.6 Å². The zero-order valence-electron chi connectivity index (χ0n) is 9.82. The van der Waals surface area contributed by atoms with Crippen LogP contribution in [-0.2, 0) is 4.74 Å². The van der Waals surface area contributed by atoms with Crippen molar-refractivity contribution in [2.45, 2.75) is 52.0 Å². The van der Waals surface area contributed by atoms with Crippen molar-refractivity contribution in [1.29, 1.82) is 0 Å². The second kappa shape index (κ2) is 4.94. The maximum Gasteiger partial charge on any atom is 0.118 e. The van der Waals surface area contributed by atoms with Crippen molar-refractivity contribution < 1.29 is 4.74 Å². The average Bonchev–Trinajstić information content (AvgIpc) is 2.17. The molecule has 0 amide bonds. The van der Waals surface area contributed by atoms with Gasteiger partial charge in [-0.05, 0) is 40.8 Å². The van der Waals surface area contributed by atoms with Crippen molar-refractivity contribution in [3.8, 4) is 0 Å². The SMILES string of the molecule is CCC(C)(NC)OC(C)(CC)NC. The Morgan fingerprint density at radius 2 is 1.23 bits per heavy atom. The van der Waals surface area contributed by atoms with Crippen molar-refractivity contribution in [2.75, 3.05) is 14.1 Å². The molecule has 80 valence electrons. The van der Waals surface area contributed by atoms with E-state index in [1.165, 1.54) is 0 Å². The van der Waals surface area contributed by atoms with Crippen LogP contribution in [0, 0.1) is 0 Å². The molecule has 0 saturated heterocycles. The monoisotopic (exact) mass is 188 g/mol. The van der Waals surface area contributed by atoms with Gasteiger partial charge in [0.25, 0.3) is 0 Å². The number of rotatable bonds is 6. The summed E-state index contributed by atoms with van der Waals surface area (Å²) in [6, 6.07) is 0. The molecule has 0 fully saturated rings. The fraction of sp³-hybridized carbons (Fsp3) is 1.00. The van der Waals surface area contributed by atoms with Crippen LogP contribution < -0.4 is 10.6 Å². The molecular formula is C10H24N2O. The molecule has 0 radical (unpaired) electrons. The fourth-order valence-corrected chi connectivity index (χ4v) is 1.10. The van der Waals surface area contributed by atoms with Crippen LogP contribution in [0.4, 0.5) is 0 Å². The van der Waals surface area contributed by atoms with E-state index in [9.17, 15) is 0 Å². The van der Waals surface area contributed by atoms with Crippen LogP contribution in [0.25, 0.3) is 0 Å². The lowest BCUT2D eigenvalue weighted by molar-refractivity contribution is -0.169. The number of ether oxygens (including phenoxy) is 1. The highest BCUT2D eigenvalue weighted by molar-refractivity contribution is 4.76. The maximum absolute atomic E-state index is 6.00. The lowest BCUT2D eigenvalue weighted by Gasteiger charge is -2.39. The molecule has 2 unspecified atom stereocenters. The molecule has 13 heavy (non-hydrogen) atoms. The Balaban J connectivity index is 4.36. The summed E-state index contributed by atoms with van der Waals surface area (Å²) in [4.78, 5) is 0. The molecule has 3 heteroatoms. The zero-order valence-corrected chi connectivity index (χ0v) is 9.82. The van der Waals surface area contributed by atoms with Crippen LogP contribution in [0.1, 0.15) is 40.5 Å². The van der Waals surface area contributed by atoms with Gasteiger partial charge >= 0.3 is 0 Å². The summed E-state index contributed by atoms with van der Waals surface area (Å²) in [5.41, 5.74) is -0.485. The highest BCUT2D eigenvalue weighted by Crippen LogP contribution is 2.21. The van der Waals surface area contributed by atoms with Gasteiger partial charge in [-0.3, -0.25) is 10.6 Å². The van der Waals surface area contributed by atoms with Crippen LogP contribution in [0.15, 0.2) is 0 Å². The minimum Gasteiger partial charge on any atom is -0.341 e. The summed E-state index contributed by atoms with van der Waals surface area (Å²) in [7, 11) is 3.85. The molecule has 0 spiro atoms. The van der Waals surface area contributed by atoms with E-state index in [2.05, 4.69) is 38.3 Å². The topological polar surface area (TPSA) is 33.3 Å². The Hall–Kier alpha value is -0.120. The van der Waals surface area contributed by atoms with Gasteiger partial charge in [-0.15, -0.1) is 0 Å². The summed E-state index contributed by atoms with van der Waals surface area (Å²) in [6.07, 6.45) is 1.89. The Bertz CT molecular complexity index is 124. The predicted octanol–water partition coefficient (Wildman–Crippen LogP) is 1.69. The zero-order chi connectivity index (χ0) is 10.5. The van der Waals surface area contributed by atoms with Gasteiger partial charge < -0.3 is 4.74 Å². The Morgan fingerprint density at radius 1 is 0.923 bits per heavy atom. The molecule has 2 N–H and O–H groups in total. The molecule has 2 atom stereocenters. The van der Waals surface area contributed by atoms with E-state index in [-0.39, 0.29) is 11.4 Å². The number of hydrogen-bond acceptors (Lipinski definition) is 3. The van der Waals surface area contributed by atoms with Crippen LogP contribution in [-0.4, -0.2) is 25.5 Å². The first kappa shape index (κ1) is 12.9. The first-order valence-electron chi connectivity index (χ1n) is 5.03. The van der Waals surface area contributed by atoms with Crippen LogP contribution >= 0.6 is 0 Å². The smallest absolute Gasteiger partial charge is 0.118 e. The van der Waals surface area contributed by atoms with E-state index in [1.807, 2.05) is 14.1 Å². The normalized spacial score (nSPS) is 20.8. The summed E-state index contributed by atoms with van der Waals surface area (Å²) < 4.78 is 6.00. The molecule has 0 aromatic carbocycles.